The maximum Gasteiger partial charge on any atom is 0.165 e. The van der Waals surface area contributed by atoms with Gasteiger partial charge in [-0.2, -0.15) is 0 Å². The molecule has 2 aromatic carbocycles. The van der Waals surface area contributed by atoms with Crippen LogP contribution in [0.25, 0.3) is 0 Å². The third-order valence-electron chi connectivity index (χ3n) is 8.93. The summed E-state index contributed by atoms with van der Waals surface area (Å²) in [7, 11) is 0. The number of likely N-dealkylation sites (tertiary alicyclic amines) is 1. The first-order chi connectivity index (χ1) is 14.7. The molecule has 5 aliphatic rings. The van der Waals surface area contributed by atoms with Crippen molar-refractivity contribution in [2.45, 2.75) is 61.7 Å². The second kappa shape index (κ2) is 6.02. The fourth-order valence-corrected chi connectivity index (χ4v) is 7.48. The number of nitrogens with zero attached hydrogens (tertiary/aromatic N) is 1. The lowest BCUT2D eigenvalue weighted by Crippen LogP contribution is -2.68. The molecule has 2 aromatic rings. The molecule has 3 fully saturated rings. The second-order valence-electron chi connectivity index (χ2n) is 10.3. The first-order valence-corrected chi connectivity index (χ1v) is 11.7. The smallest absolute Gasteiger partial charge is 0.165 e. The largest absolute Gasteiger partial charge is 0.504 e. The molecule has 0 amide bonds. The molecule has 1 saturated heterocycles. The van der Waals surface area contributed by atoms with Gasteiger partial charge in [0.25, 0.3) is 0 Å². The highest BCUT2D eigenvalue weighted by atomic mass is 16.5. The summed E-state index contributed by atoms with van der Waals surface area (Å²) in [6, 6.07) is 14.9. The molecule has 2 saturated carbocycles. The molecule has 1 spiro atoms. The summed E-state index contributed by atoms with van der Waals surface area (Å²) in [5.41, 5.74) is 3.61. The lowest BCUT2D eigenvalue weighted by Gasteiger charge is -2.60. The molecule has 3 aliphatic carbocycles. The zero-order valence-electron chi connectivity index (χ0n) is 17.2. The maximum absolute atomic E-state index is 11.6. The van der Waals surface area contributed by atoms with Gasteiger partial charge in [-0.15, -0.1) is 0 Å². The molecule has 2 bridgehead atoms. The van der Waals surface area contributed by atoms with Crippen LogP contribution in [-0.4, -0.2) is 46.5 Å². The van der Waals surface area contributed by atoms with E-state index in [2.05, 4.69) is 35.2 Å². The SMILES string of the molecule is Oc1ccc2c3c1O[C@H]1[C@@H](O)[C@@H](c4ccccc4)CC4[C@@H](C2)N(CC2CC2)CC[C@@]341. The van der Waals surface area contributed by atoms with E-state index < -0.39 is 6.10 Å². The fourth-order valence-electron chi connectivity index (χ4n) is 7.48. The molecule has 0 radical (unpaired) electrons. The molecule has 156 valence electrons. The molecule has 1 unspecified atom stereocenters. The summed E-state index contributed by atoms with van der Waals surface area (Å²) in [5.74, 6) is 2.31. The van der Waals surface area contributed by atoms with Crippen LogP contribution in [0.5, 0.6) is 11.5 Å². The zero-order chi connectivity index (χ0) is 20.0. The Morgan fingerprint density at radius 2 is 1.93 bits per heavy atom. The average molecular weight is 404 g/mol. The van der Waals surface area contributed by atoms with Crippen LogP contribution in [0.2, 0.25) is 0 Å². The predicted molar refractivity (Wildman–Crippen MR) is 114 cm³/mol. The van der Waals surface area contributed by atoms with Crippen molar-refractivity contribution in [2.24, 2.45) is 11.8 Å². The van der Waals surface area contributed by atoms with Gasteiger partial charge < -0.3 is 14.9 Å². The van der Waals surface area contributed by atoms with E-state index in [1.165, 1.54) is 36.1 Å². The van der Waals surface area contributed by atoms with E-state index >= 15 is 0 Å². The monoisotopic (exact) mass is 403 g/mol. The number of piperidine rings is 1. The Morgan fingerprint density at radius 3 is 2.73 bits per heavy atom. The van der Waals surface area contributed by atoms with Crippen molar-refractivity contribution in [3.8, 4) is 11.5 Å². The standard InChI is InChI=1S/C26H29NO3/c28-21-9-8-17-12-20-19-13-18(16-4-2-1-3-5-16)23(29)25-26(19,22(17)24(21)30-25)10-11-27(20)14-15-6-7-15/h1-5,8-9,15,18-20,23,25,28-29H,6-7,10-14H2/t18-,19?,20-,23+,25+,26+/m1/s1. The van der Waals surface area contributed by atoms with Gasteiger partial charge in [0.15, 0.2) is 11.5 Å². The summed E-state index contributed by atoms with van der Waals surface area (Å²) in [6.07, 6.45) is 4.98. The van der Waals surface area contributed by atoms with E-state index in [0.717, 1.165) is 31.7 Å². The first-order valence-electron chi connectivity index (χ1n) is 11.7. The highest BCUT2D eigenvalue weighted by molar-refractivity contribution is 5.61. The van der Waals surface area contributed by atoms with Gasteiger partial charge in [0.1, 0.15) is 6.10 Å². The second-order valence-corrected chi connectivity index (χ2v) is 10.3. The minimum absolute atomic E-state index is 0.0794. The normalized spacial score (nSPS) is 38.8. The summed E-state index contributed by atoms with van der Waals surface area (Å²) in [5, 5.41) is 22.2. The number of rotatable bonds is 3. The molecule has 30 heavy (non-hydrogen) atoms. The fraction of sp³-hybridized carbons (Fsp3) is 0.538. The number of aliphatic hydroxyl groups excluding tert-OH is 1. The van der Waals surface area contributed by atoms with Gasteiger partial charge in [-0.3, -0.25) is 4.90 Å². The topological polar surface area (TPSA) is 52.9 Å². The Labute approximate surface area is 177 Å². The molecule has 4 heteroatoms. The Hall–Kier alpha value is -2.04. The average Bonchev–Trinajstić information content (AvgIpc) is 3.51. The number of ether oxygens (including phenoxy) is 1. The highest BCUT2D eigenvalue weighted by Crippen LogP contribution is 2.65. The van der Waals surface area contributed by atoms with Crippen molar-refractivity contribution < 1.29 is 14.9 Å². The molecule has 2 N–H and O–H groups in total. The van der Waals surface area contributed by atoms with Crippen LogP contribution >= 0.6 is 0 Å². The van der Waals surface area contributed by atoms with Crippen molar-refractivity contribution in [1.29, 1.82) is 0 Å². The lowest BCUT2D eigenvalue weighted by atomic mass is 9.49. The number of aliphatic hydroxyl groups is 1. The third-order valence-corrected chi connectivity index (χ3v) is 8.93. The van der Waals surface area contributed by atoms with Crippen LogP contribution in [0.1, 0.15) is 48.3 Å². The summed E-state index contributed by atoms with van der Waals surface area (Å²) in [4.78, 5) is 2.76. The summed E-state index contributed by atoms with van der Waals surface area (Å²) in [6.45, 7) is 2.30. The Bertz CT molecular complexity index is 1000. The van der Waals surface area contributed by atoms with E-state index in [0.29, 0.717) is 17.7 Å². The third kappa shape index (κ3) is 2.19. The van der Waals surface area contributed by atoms with Crippen molar-refractivity contribution in [1.82, 2.24) is 4.90 Å². The van der Waals surface area contributed by atoms with E-state index in [1.807, 2.05) is 6.07 Å². The number of aromatic hydroxyl groups is 1. The van der Waals surface area contributed by atoms with Gasteiger partial charge in [-0.05, 0) is 67.7 Å². The number of phenolic OH excluding ortho intramolecular Hbond substituents is 1. The quantitative estimate of drug-likeness (QED) is 0.822. The summed E-state index contributed by atoms with van der Waals surface area (Å²) >= 11 is 0. The molecular weight excluding hydrogens is 374 g/mol. The zero-order valence-corrected chi connectivity index (χ0v) is 17.2. The van der Waals surface area contributed by atoms with Crippen molar-refractivity contribution in [3.05, 3.63) is 59.2 Å². The van der Waals surface area contributed by atoms with Gasteiger partial charge in [-0.1, -0.05) is 36.4 Å². The minimum atomic E-state index is -0.558. The van der Waals surface area contributed by atoms with Crippen LogP contribution in [0.3, 0.4) is 0 Å². The number of hydrogen-bond donors (Lipinski definition) is 2. The maximum atomic E-state index is 11.6. The van der Waals surface area contributed by atoms with Crippen molar-refractivity contribution in [3.63, 3.8) is 0 Å². The van der Waals surface area contributed by atoms with E-state index in [-0.39, 0.29) is 23.2 Å². The van der Waals surface area contributed by atoms with Crippen LogP contribution in [0.15, 0.2) is 42.5 Å². The molecule has 2 heterocycles. The highest BCUT2D eigenvalue weighted by Gasteiger charge is 2.67. The Kier molecular flexibility index (Phi) is 3.53. The van der Waals surface area contributed by atoms with Gasteiger partial charge >= 0.3 is 0 Å². The van der Waals surface area contributed by atoms with Crippen LogP contribution in [0, 0.1) is 11.8 Å². The molecule has 2 aliphatic heterocycles. The predicted octanol–water partition coefficient (Wildman–Crippen LogP) is 3.60. The van der Waals surface area contributed by atoms with Gasteiger partial charge in [0, 0.05) is 29.5 Å². The lowest BCUT2D eigenvalue weighted by molar-refractivity contribution is -0.114. The van der Waals surface area contributed by atoms with Crippen molar-refractivity contribution >= 4 is 0 Å². The Balaban J connectivity index is 1.38. The van der Waals surface area contributed by atoms with E-state index in [4.69, 9.17) is 4.74 Å². The van der Waals surface area contributed by atoms with Crippen molar-refractivity contribution in [2.75, 3.05) is 13.1 Å². The van der Waals surface area contributed by atoms with Gasteiger partial charge in [-0.25, -0.2) is 0 Å². The molecule has 4 nitrogen and oxygen atoms in total. The molecule has 0 aromatic heterocycles. The number of benzene rings is 2. The van der Waals surface area contributed by atoms with Crippen LogP contribution < -0.4 is 4.74 Å². The number of phenols is 1. The molecule has 6 atom stereocenters. The molecular formula is C26H29NO3. The number of hydrogen-bond acceptors (Lipinski definition) is 4. The first kappa shape index (κ1) is 17.6. The van der Waals surface area contributed by atoms with Gasteiger partial charge in [0.05, 0.1) is 6.10 Å². The van der Waals surface area contributed by atoms with Crippen LogP contribution in [-0.2, 0) is 11.8 Å². The van der Waals surface area contributed by atoms with Crippen LogP contribution in [0.4, 0.5) is 0 Å². The van der Waals surface area contributed by atoms with E-state index in [1.54, 1.807) is 6.07 Å². The van der Waals surface area contributed by atoms with E-state index in [9.17, 15) is 10.2 Å². The van der Waals surface area contributed by atoms with Gasteiger partial charge in [0.2, 0.25) is 0 Å². The minimum Gasteiger partial charge on any atom is -0.504 e. The Morgan fingerprint density at radius 1 is 1.10 bits per heavy atom. The molecule has 7 rings (SSSR count). The summed E-state index contributed by atoms with van der Waals surface area (Å²) < 4.78 is 6.48.